The van der Waals surface area contributed by atoms with E-state index in [1.165, 1.54) is 7.11 Å². The second-order valence-corrected chi connectivity index (χ2v) is 5.02. The van der Waals surface area contributed by atoms with Crippen LogP contribution < -0.4 is 10.1 Å². The summed E-state index contributed by atoms with van der Waals surface area (Å²) in [6, 6.07) is 5.48. The van der Waals surface area contributed by atoms with Crippen LogP contribution in [-0.4, -0.2) is 19.0 Å². The third-order valence-corrected chi connectivity index (χ3v) is 3.26. The Morgan fingerprint density at radius 3 is 2.67 bits per heavy atom. The summed E-state index contributed by atoms with van der Waals surface area (Å²) >= 11 is 5.77. The van der Waals surface area contributed by atoms with Crippen LogP contribution in [0.15, 0.2) is 18.2 Å². The zero-order valence-corrected chi connectivity index (χ0v) is 11.9. The molecule has 1 rings (SSSR count). The van der Waals surface area contributed by atoms with Gasteiger partial charge in [0.25, 0.3) is 0 Å². The molecule has 18 heavy (non-hydrogen) atoms. The van der Waals surface area contributed by atoms with Gasteiger partial charge in [0.15, 0.2) is 11.6 Å². The summed E-state index contributed by atoms with van der Waals surface area (Å²) in [6.07, 6.45) is 0.880. The van der Waals surface area contributed by atoms with Gasteiger partial charge in [0, 0.05) is 24.0 Å². The van der Waals surface area contributed by atoms with Crippen molar-refractivity contribution in [2.24, 2.45) is 5.92 Å². The number of nitrogens with one attached hydrogen (secondary N) is 1. The van der Waals surface area contributed by atoms with Crippen molar-refractivity contribution in [1.29, 1.82) is 0 Å². The standard InChI is InChI=1S/C14H21ClFNO/c1-10(2)12(7-8-15)17-9-11-5-4-6-13(18-3)14(11)16/h4-6,10,12,17H,7-9H2,1-3H3. The minimum Gasteiger partial charge on any atom is -0.494 e. The van der Waals surface area contributed by atoms with E-state index in [2.05, 4.69) is 19.2 Å². The van der Waals surface area contributed by atoms with E-state index in [1.54, 1.807) is 18.2 Å². The van der Waals surface area contributed by atoms with E-state index in [0.717, 1.165) is 6.42 Å². The average Bonchev–Trinajstić information content (AvgIpc) is 2.35. The Kier molecular flexibility index (Phi) is 6.44. The number of rotatable bonds is 7. The van der Waals surface area contributed by atoms with Crippen LogP contribution in [-0.2, 0) is 6.54 Å². The van der Waals surface area contributed by atoms with Gasteiger partial charge in [0.2, 0.25) is 0 Å². The summed E-state index contributed by atoms with van der Waals surface area (Å²) in [4.78, 5) is 0. The molecule has 1 aromatic rings. The third kappa shape index (κ3) is 4.14. The Morgan fingerprint density at radius 2 is 2.11 bits per heavy atom. The van der Waals surface area contributed by atoms with Crippen LogP contribution in [0.2, 0.25) is 0 Å². The van der Waals surface area contributed by atoms with Gasteiger partial charge in [-0.25, -0.2) is 4.39 Å². The summed E-state index contributed by atoms with van der Waals surface area (Å²) in [5.41, 5.74) is 0.620. The highest BCUT2D eigenvalue weighted by Gasteiger charge is 2.14. The average molecular weight is 274 g/mol. The van der Waals surface area contributed by atoms with Crippen LogP contribution in [0.3, 0.4) is 0 Å². The van der Waals surface area contributed by atoms with Gasteiger partial charge in [-0.05, 0) is 18.4 Å². The van der Waals surface area contributed by atoms with Crippen molar-refractivity contribution in [1.82, 2.24) is 5.32 Å². The maximum atomic E-state index is 13.9. The summed E-state index contributed by atoms with van der Waals surface area (Å²) < 4.78 is 18.9. The fourth-order valence-corrected chi connectivity index (χ4v) is 2.12. The predicted octanol–water partition coefficient (Wildman–Crippen LogP) is 3.58. The second kappa shape index (κ2) is 7.59. The Labute approximate surface area is 113 Å². The van der Waals surface area contributed by atoms with Crippen molar-refractivity contribution >= 4 is 11.6 Å². The van der Waals surface area contributed by atoms with E-state index in [-0.39, 0.29) is 11.6 Å². The molecule has 1 aromatic carbocycles. The number of alkyl halides is 1. The maximum Gasteiger partial charge on any atom is 0.169 e. The molecule has 0 spiro atoms. The molecule has 1 N–H and O–H groups in total. The van der Waals surface area contributed by atoms with Gasteiger partial charge in [-0.3, -0.25) is 0 Å². The van der Waals surface area contributed by atoms with Gasteiger partial charge in [0.05, 0.1) is 7.11 Å². The maximum absolute atomic E-state index is 13.9. The molecule has 0 heterocycles. The summed E-state index contributed by atoms with van der Waals surface area (Å²) in [7, 11) is 1.47. The molecule has 0 bridgehead atoms. The van der Waals surface area contributed by atoms with E-state index in [9.17, 15) is 4.39 Å². The molecule has 0 aliphatic carbocycles. The fourth-order valence-electron chi connectivity index (χ4n) is 1.88. The number of hydrogen-bond donors (Lipinski definition) is 1. The van der Waals surface area contributed by atoms with Crippen LogP contribution in [0.1, 0.15) is 25.8 Å². The molecule has 1 unspecified atom stereocenters. The highest BCUT2D eigenvalue weighted by Crippen LogP contribution is 2.20. The van der Waals surface area contributed by atoms with Crippen LogP contribution in [0.4, 0.5) is 4.39 Å². The van der Waals surface area contributed by atoms with Crippen LogP contribution in [0, 0.1) is 11.7 Å². The first-order valence-electron chi connectivity index (χ1n) is 6.20. The van der Waals surface area contributed by atoms with Crippen molar-refractivity contribution in [3.05, 3.63) is 29.6 Å². The monoisotopic (exact) mass is 273 g/mol. The fraction of sp³-hybridized carbons (Fsp3) is 0.571. The first-order valence-corrected chi connectivity index (χ1v) is 6.74. The van der Waals surface area contributed by atoms with E-state index in [4.69, 9.17) is 16.3 Å². The molecule has 1 atom stereocenters. The molecular formula is C14H21ClFNO. The zero-order chi connectivity index (χ0) is 13.5. The molecule has 0 amide bonds. The zero-order valence-electron chi connectivity index (χ0n) is 11.2. The van der Waals surface area contributed by atoms with E-state index in [1.807, 2.05) is 0 Å². The van der Waals surface area contributed by atoms with Crippen LogP contribution >= 0.6 is 11.6 Å². The summed E-state index contributed by atoms with van der Waals surface area (Å²) in [5.74, 6) is 1.07. The molecule has 102 valence electrons. The van der Waals surface area contributed by atoms with Crippen molar-refractivity contribution in [3.63, 3.8) is 0 Å². The predicted molar refractivity (Wildman–Crippen MR) is 73.8 cm³/mol. The number of ether oxygens (including phenoxy) is 1. The van der Waals surface area contributed by atoms with Gasteiger partial charge in [0.1, 0.15) is 0 Å². The lowest BCUT2D eigenvalue weighted by molar-refractivity contribution is 0.371. The molecule has 4 heteroatoms. The minimum absolute atomic E-state index is 0.285. The molecule has 0 saturated heterocycles. The topological polar surface area (TPSA) is 21.3 Å². The smallest absolute Gasteiger partial charge is 0.169 e. The molecule has 2 nitrogen and oxygen atoms in total. The summed E-state index contributed by atoms with van der Waals surface area (Å²) in [6.45, 7) is 4.75. The molecular weight excluding hydrogens is 253 g/mol. The lowest BCUT2D eigenvalue weighted by Gasteiger charge is -2.21. The summed E-state index contributed by atoms with van der Waals surface area (Å²) in [5, 5.41) is 3.35. The molecule has 0 aromatic heterocycles. The number of methoxy groups -OCH3 is 1. The van der Waals surface area contributed by atoms with E-state index < -0.39 is 0 Å². The largest absolute Gasteiger partial charge is 0.494 e. The van der Waals surface area contributed by atoms with Crippen molar-refractivity contribution in [3.8, 4) is 5.75 Å². The Balaban J connectivity index is 2.67. The molecule has 0 aliphatic heterocycles. The first kappa shape index (κ1) is 15.3. The van der Waals surface area contributed by atoms with Crippen molar-refractivity contribution in [2.75, 3.05) is 13.0 Å². The normalized spacial score (nSPS) is 12.8. The highest BCUT2D eigenvalue weighted by atomic mass is 35.5. The quantitative estimate of drug-likeness (QED) is 0.767. The first-order chi connectivity index (χ1) is 8.60. The lowest BCUT2D eigenvalue weighted by Crippen LogP contribution is -2.34. The number of benzene rings is 1. The Bertz CT molecular complexity index is 371. The second-order valence-electron chi connectivity index (χ2n) is 4.64. The van der Waals surface area contributed by atoms with Crippen molar-refractivity contribution < 1.29 is 9.13 Å². The van der Waals surface area contributed by atoms with E-state index >= 15 is 0 Å². The molecule has 0 saturated carbocycles. The molecule has 0 radical (unpaired) electrons. The minimum atomic E-state index is -0.291. The molecule has 0 fully saturated rings. The third-order valence-electron chi connectivity index (χ3n) is 3.04. The van der Waals surface area contributed by atoms with Gasteiger partial charge in [-0.15, -0.1) is 11.6 Å². The highest BCUT2D eigenvalue weighted by molar-refractivity contribution is 6.17. The molecule has 0 aliphatic rings. The van der Waals surface area contributed by atoms with Gasteiger partial charge >= 0.3 is 0 Å². The SMILES string of the molecule is COc1cccc(CNC(CCCl)C(C)C)c1F. The van der Waals surface area contributed by atoms with E-state index in [0.29, 0.717) is 29.9 Å². The van der Waals surface area contributed by atoms with Gasteiger partial charge in [-0.1, -0.05) is 26.0 Å². The van der Waals surface area contributed by atoms with Crippen molar-refractivity contribution in [2.45, 2.75) is 32.9 Å². The van der Waals surface area contributed by atoms with Crippen LogP contribution in [0.5, 0.6) is 5.75 Å². The Hall–Kier alpha value is -0.800. The lowest BCUT2D eigenvalue weighted by atomic mass is 10.0. The van der Waals surface area contributed by atoms with Crippen LogP contribution in [0.25, 0.3) is 0 Å². The Morgan fingerprint density at radius 1 is 1.39 bits per heavy atom. The number of halogens is 2. The van der Waals surface area contributed by atoms with Gasteiger partial charge in [-0.2, -0.15) is 0 Å². The number of hydrogen-bond acceptors (Lipinski definition) is 2. The van der Waals surface area contributed by atoms with Gasteiger partial charge < -0.3 is 10.1 Å².